The molecular weight excluding hydrogens is 299 g/mol. The van der Waals surface area contributed by atoms with Crippen LogP contribution in [0.3, 0.4) is 0 Å². The molecule has 2 rings (SSSR count). The van der Waals surface area contributed by atoms with Crippen molar-refractivity contribution in [2.24, 2.45) is 0 Å². The fraction of sp³-hybridized carbons (Fsp3) is 0.353. The highest BCUT2D eigenvalue weighted by Crippen LogP contribution is 2.22. The number of halogens is 1. The van der Waals surface area contributed by atoms with Gasteiger partial charge in [0.05, 0.1) is 18.8 Å². The Hall–Kier alpha value is -2.18. The van der Waals surface area contributed by atoms with Gasteiger partial charge in [-0.05, 0) is 44.2 Å². The molecule has 0 bridgehead atoms. The predicted molar refractivity (Wildman–Crippen MR) is 85.3 cm³/mol. The summed E-state index contributed by atoms with van der Waals surface area (Å²) in [5.41, 5.74) is 2.87. The summed E-state index contributed by atoms with van der Waals surface area (Å²) in [6.45, 7) is 3.69. The molecule has 1 amide bonds. The van der Waals surface area contributed by atoms with E-state index >= 15 is 0 Å². The van der Waals surface area contributed by atoms with E-state index in [0.717, 1.165) is 17.1 Å². The number of hydrogen-bond donors (Lipinski definition) is 2. The molecule has 0 aliphatic rings. The van der Waals surface area contributed by atoms with Crippen molar-refractivity contribution in [3.63, 3.8) is 0 Å². The van der Waals surface area contributed by atoms with Gasteiger partial charge in [0.25, 0.3) is 5.91 Å². The van der Waals surface area contributed by atoms with Crippen LogP contribution in [0.2, 0.25) is 0 Å². The van der Waals surface area contributed by atoms with Crippen LogP contribution in [0.25, 0.3) is 5.69 Å². The minimum absolute atomic E-state index is 0.164. The Labute approximate surface area is 134 Å². The van der Waals surface area contributed by atoms with Crippen molar-refractivity contribution in [3.8, 4) is 5.69 Å². The molecule has 0 aliphatic carbocycles. The second kappa shape index (κ2) is 7.39. The fourth-order valence-corrected chi connectivity index (χ4v) is 2.69. The van der Waals surface area contributed by atoms with E-state index in [9.17, 15) is 9.18 Å². The van der Waals surface area contributed by atoms with Gasteiger partial charge in [0.2, 0.25) is 0 Å². The first-order chi connectivity index (χ1) is 11.0. The lowest BCUT2D eigenvalue weighted by Crippen LogP contribution is -2.36. The second-order valence-corrected chi connectivity index (χ2v) is 5.34. The first-order valence-corrected chi connectivity index (χ1v) is 7.45. The Kier molecular flexibility index (Phi) is 5.52. The Morgan fingerprint density at radius 3 is 2.22 bits per heavy atom. The summed E-state index contributed by atoms with van der Waals surface area (Å²) in [7, 11) is 0. The third kappa shape index (κ3) is 3.60. The summed E-state index contributed by atoms with van der Waals surface area (Å²) in [5, 5.41) is 18.2. The molecule has 0 unspecified atom stereocenters. The summed E-state index contributed by atoms with van der Waals surface area (Å²) >= 11 is 0. The number of nitrogens with zero attached hydrogens (tertiary/aromatic N) is 2. The van der Waals surface area contributed by atoms with Gasteiger partial charge in [-0.15, -0.1) is 0 Å². The van der Waals surface area contributed by atoms with Crippen LogP contribution in [-0.4, -0.2) is 51.9 Å². The van der Waals surface area contributed by atoms with Gasteiger partial charge in [0.15, 0.2) is 0 Å². The smallest absolute Gasteiger partial charge is 0.255 e. The highest BCUT2D eigenvalue weighted by atomic mass is 19.1. The maximum atomic E-state index is 13.1. The van der Waals surface area contributed by atoms with Crippen molar-refractivity contribution >= 4 is 5.91 Å². The maximum absolute atomic E-state index is 13.1. The molecule has 1 heterocycles. The second-order valence-electron chi connectivity index (χ2n) is 5.34. The summed E-state index contributed by atoms with van der Waals surface area (Å²) in [5.74, 6) is -0.556. The van der Waals surface area contributed by atoms with E-state index in [0.29, 0.717) is 5.56 Å². The van der Waals surface area contributed by atoms with E-state index < -0.39 is 0 Å². The number of hydrogen-bond acceptors (Lipinski definition) is 3. The van der Waals surface area contributed by atoms with Gasteiger partial charge < -0.3 is 19.7 Å². The number of carbonyl (C=O) groups excluding carboxylic acids is 1. The average molecular weight is 320 g/mol. The number of rotatable bonds is 6. The first kappa shape index (κ1) is 17.2. The third-order valence-electron chi connectivity index (χ3n) is 3.77. The highest BCUT2D eigenvalue weighted by molar-refractivity contribution is 5.96. The van der Waals surface area contributed by atoms with Crippen molar-refractivity contribution in [1.29, 1.82) is 0 Å². The number of aliphatic hydroxyl groups excluding tert-OH is 2. The molecule has 2 aromatic rings. The largest absolute Gasteiger partial charge is 0.395 e. The Balaban J connectivity index is 2.40. The number of amides is 1. The van der Waals surface area contributed by atoms with E-state index in [-0.39, 0.29) is 38.0 Å². The molecular formula is C17H21FN2O3. The van der Waals surface area contributed by atoms with Crippen molar-refractivity contribution in [1.82, 2.24) is 9.47 Å². The van der Waals surface area contributed by atoms with Crippen LogP contribution >= 0.6 is 0 Å². The van der Waals surface area contributed by atoms with Gasteiger partial charge in [-0.2, -0.15) is 0 Å². The predicted octanol–water partition coefficient (Wildman–Crippen LogP) is 1.66. The Bertz CT molecular complexity index is 674. The summed E-state index contributed by atoms with van der Waals surface area (Å²) < 4.78 is 15.0. The van der Waals surface area contributed by atoms with Crippen molar-refractivity contribution < 1.29 is 19.4 Å². The normalized spacial score (nSPS) is 10.8. The monoisotopic (exact) mass is 320 g/mol. The van der Waals surface area contributed by atoms with Crippen LogP contribution in [0.1, 0.15) is 21.7 Å². The lowest BCUT2D eigenvalue weighted by Gasteiger charge is -2.20. The Morgan fingerprint density at radius 1 is 1.13 bits per heavy atom. The topological polar surface area (TPSA) is 65.7 Å². The molecule has 2 N–H and O–H groups in total. The molecule has 5 nitrogen and oxygen atoms in total. The first-order valence-electron chi connectivity index (χ1n) is 7.45. The zero-order chi connectivity index (χ0) is 17.0. The van der Waals surface area contributed by atoms with Crippen LogP contribution in [0.15, 0.2) is 30.3 Å². The van der Waals surface area contributed by atoms with Gasteiger partial charge in [-0.25, -0.2) is 4.39 Å². The van der Waals surface area contributed by atoms with Gasteiger partial charge in [-0.3, -0.25) is 4.79 Å². The van der Waals surface area contributed by atoms with Crippen LogP contribution in [0.5, 0.6) is 0 Å². The third-order valence-corrected chi connectivity index (χ3v) is 3.77. The van der Waals surface area contributed by atoms with Crippen LogP contribution < -0.4 is 0 Å². The van der Waals surface area contributed by atoms with Gasteiger partial charge >= 0.3 is 0 Å². The molecule has 0 saturated heterocycles. The van der Waals surface area contributed by atoms with E-state index in [1.807, 2.05) is 18.4 Å². The van der Waals surface area contributed by atoms with Crippen LogP contribution in [0.4, 0.5) is 4.39 Å². The molecule has 1 aromatic heterocycles. The zero-order valence-corrected chi connectivity index (χ0v) is 13.3. The number of aliphatic hydroxyl groups is 2. The standard InChI is InChI=1S/C17H21FN2O3/c1-12-11-16(17(23)19(7-9-21)8-10-22)13(2)20(12)15-5-3-14(18)4-6-15/h3-6,11,21-22H,7-10H2,1-2H3. The summed E-state index contributed by atoms with van der Waals surface area (Å²) in [6.07, 6.45) is 0. The lowest BCUT2D eigenvalue weighted by atomic mass is 10.2. The van der Waals surface area contributed by atoms with E-state index in [1.54, 1.807) is 18.2 Å². The molecule has 124 valence electrons. The SMILES string of the molecule is Cc1cc(C(=O)N(CCO)CCO)c(C)n1-c1ccc(F)cc1. The quantitative estimate of drug-likeness (QED) is 0.851. The number of aromatic nitrogens is 1. The molecule has 0 spiro atoms. The van der Waals surface area contributed by atoms with E-state index in [4.69, 9.17) is 10.2 Å². The molecule has 0 aliphatic heterocycles. The lowest BCUT2D eigenvalue weighted by molar-refractivity contribution is 0.0684. The molecule has 1 aromatic carbocycles. The number of carbonyl (C=O) groups is 1. The molecule has 0 radical (unpaired) electrons. The minimum Gasteiger partial charge on any atom is -0.395 e. The van der Waals surface area contributed by atoms with Gasteiger partial charge in [0.1, 0.15) is 5.82 Å². The molecule has 0 atom stereocenters. The fourth-order valence-electron chi connectivity index (χ4n) is 2.69. The van der Waals surface area contributed by atoms with Crippen molar-refractivity contribution in [3.05, 3.63) is 53.1 Å². The number of benzene rings is 1. The van der Waals surface area contributed by atoms with Crippen molar-refractivity contribution in [2.75, 3.05) is 26.3 Å². The summed E-state index contributed by atoms with van der Waals surface area (Å²) in [6, 6.07) is 7.83. The van der Waals surface area contributed by atoms with E-state index in [2.05, 4.69) is 0 Å². The van der Waals surface area contributed by atoms with Gasteiger partial charge in [-0.1, -0.05) is 0 Å². The zero-order valence-electron chi connectivity index (χ0n) is 13.3. The molecule has 0 fully saturated rings. The van der Waals surface area contributed by atoms with Gasteiger partial charge in [0, 0.05) is 30.2 Å². The molecule has 6 heteroatoms. The summed E-state index contributed by atoms with van der Waals surface area (Å²) in [4.78, 5) is 14.0. The highest BCUT2D eigenvalue weighted by Gasteiger charge is 2.21. The molecule has 23 heavy (non-hydrogen) atoms. The maximum Gasteiger partial charge on any atom is 0.255 e. The minimum atomic E-state index is -0.315. The van der Waals surface area contributed by atoms with Crippen LogP contribution in [-0.2, 0) is 0 Å². The van der Waals surface area contributed by atoms with Crippen LogP contribution in [0, 0.1) is 19.7 Å². The average Bonchev–Trinajstić information content (AvgIpc) is 2.82. The Morgan fingerprint density at radius 2 is 1.70 bits per heavy atom. The number of aryl methyl sites for hydroxylation is 1. The van der Waals surface area contributed by atoms with Crippen molar-refractivity contribution in [2.45, 2.75) is 13.8 Å². The van der Waals surface area contributed by atoms with E-state index in [1.165, 1.54) is 17.0 Å². The molecule has 0 saturated carbocycles.